The van der Waals surface area contributed by atoms with Crippen LogP contribution in [0.3, 0.4) is 0 Å². The van der Waals surface area contributed by atoms with Gasteiger partial charge >= 0.3 is 0 Å². The molecule has 0 amide bonds. The second kappa shape index (κ2) is 17.5. The van der Waals surface area contributed by atoms with Gasteiger partial charge in [-0.15, -0.1) is 0 Å². The van der Waals surface area contributed by atoms with Gasteiger partial charge in [-0.2, -0.15) is 29.9 Å². The molecule has 0 aliphatic heterocycles. The normalized spacial score (nSPS) is 12.1. The Labute approximate surface area is 334 Å². The van der Waals surface area contributed by atoms with E-state index >= 15 is 0 Å². The maximum Gasteiger partial charge on any atom is 0.233 e. The average molecular weight is 789 g/mol. The lowest BCUT2D eigenvalue weighted by atomic mass is 9.77. The number of rotatable bonds is 15. The molecule has 1 atom stereocenters. The van der Waals surface area contributed by atoms with Crippen molar-refractivity contribution in [3.05, 3.63) is 177 Å². The van der Waals surface area contributed by atoms with Gasteiger partial charge in [0.2, 0.25) is 34.4 Å². The average Bonchev–Trinajstić information content (AvgIpc) is 3.18. The van der Waals surface area contributed by atoms with Crippen LogP contribution in [-0.4, -0.2) is 43.1 Å². The van der Waals surface area contributed by atoms with Crippen LogP contribution in [0.4, 0.5) is 35.2 Å². The summed E-state index contributed by atoms with van der Waals surface area (Å²) in [5.41, 5.74) is 6.05. The third-order valence-corrected chi connectivity index (χ3v) is 9.39. The molecule has 0 spiro atoms. The van der Waals surface area contributed by atoms with Crippen molar-refractivity contribution in [1.82, 2.24) is 35.2 Å². The Bertz CT molecular complexity index is 2310. The van der Waals surface area contributed by atoms with E-state index in [0.717, 1.165) is 39.2 Å². The van der Waals surface area contributed by atoms with Gasteiger partial charge in [0.05, 0.1) is 12.2 Å². The number of nitrogens with one attached hydrogen (secondary N) is 5. The van der Waals surface area contributed by atoms with Crippen molar-refractivity contribution in [1.29, 1.82) is 0 Å². The molecule has 0 fully saturated rings. The Morgan fingerprint density at radius 2 is 1.05 bits per heavy atom. The van der Waals surface area contributed by atoms with Crippen molar-refractivity contribution in [3.63, 3.8) is 0 Å². The largest absolute Gasteiger partial charge is 0.354 e. The maximum atomic E-state index is 6.97. The quantitative estimate of drug-likeness (QED) is 0.0502. The minimum absolute atomic E-state index is 0.0138. The van der Waals surface area contributed by atoms with Gasteiger partial charge in [-0.05, 0) is 89.1 Å². The topological polar surface area (TPSA) is 137 Å². The van der Waals surface area contributed by atoms with E-state index in [0.29, 0.717) is 35.8 Å². The number of nitrogens with zero attached hydrogens (tertiary/aromatic N) is 6. The van der Waals surface area contributed by atoms with Gasteiger partial charge in [0.1, 0.15) is 0 Å². The predicted octanol–water partition coefficient (Wildman–Crippen LogP) is 9.42. The lowest BCUT2D eigenvalue weighted by Gasteiger charge is -2.37. The molecule has 5 aromatic carbocycles. The van der Waals surface area contributed by atoms with E-state index in [1.807, 2.05) is 91.0 Å². The summed E-state index contributed by atoms with van der Waals surface area (Å²) in [6.45, 7) is 2.93. The van der Waals surface area contributed by atoms with E-state index in [9.17, 15) is 0 Å². The van der Waals surface area contributed by atoms with Crippen LogP contribution in [0.25, 0.3) is 0 Å². The SMILES string of the molecule is Cc1ccc(C(NCNc2nc(NCCc3ccc(Nc4nc(Cl)nc(Cl)n4)cc3)nc(Nc3ccccc3)n2)(c2ccccc2)c2ccccc2Cl)cc1. The van der Waals surface area contributed by atoms with Crippen LogP contribution in [0.15, 0.2) is 133 Å². The van der Waals surface area contributed by atoms with Gasteiger partial charge in [-0.3, -0.25) is 5.32 Å². The Morgan fingerprint density at radius 1 is 0.509 bits per heavy atom. The van der Waals surface area contributed by atoms with E-state index in [1.54, 1.807) is 0 Å². The highest BCUT2D eigenvalue weighted by molar-refractivity contribution is 6.31. The van der Waals surface area contributed by atoms with Crippen LogP contribution in [0.1, 0.15) is 27.8 Å². The molecular formula is C41H36Cl3N11. The van der Waals surface area contributed by atoms with Crippen LogP contribution in [0, 0.1) is 6.92 Å². The first-order chi connectivity index (χ1) is 26.8. The van der Waals surface area contributed by atoms with Gasteiger partial charge in [0, 0.05) is 22.9 Å². The van der Waals surface area contributed by atoms with Gasteiger partial charge in [-0.25, -0.2) is 0 Å². The molecule has 2 aromatic heterocycles. The fourth-order valence-corrected chi connectivity index (χ4v) is 6.76. The van der Waals surface area contributed by atoms with Crippen molar-refractivity contribution in [3.8, 4) is 0 Å². The molecule has 7 rings (SSSR count). The number of halogens is 3. The summed E-state index contributed by atoms with van der Waals surface area (Å²) in [5, 5.41) is 17.7. The molecule has 7 aromatic rings. The number of anilines is 6. The minimum Gasteiger partial charge on any atom is -0.354 e. The molecule has 2 heterocycles. The summed E-state index contributed by atoms with van der Waals surface area (Å²) >= 11 is 18.8. The molecule has 276 valence electrons. The summed E-state index contributed by atoms with van der Waals surface area (Å²) in [4.78, 5) is 26.0. The first-order valence-corrected chi connectivity index (χ1v) is 18.6. The molecule has 0 bridgehead atoms. The number of benzene rings is 5. The Morgan fingerprint density at radius 3 is 1.73 bits per heavy atom. The van der Waals surface area contributed by atoms with E-state index in [1.165, 1.54) is 0 Å². The van der Waals surface area contributed by atoms with Gasteiger partial charge in [0.25, 0.3) is 0 Å². The zero-order chi connectivity index (χ0) is 38.0. The minimum atomic E-state index is -0.809. The zero-order valence-electron chi connectivity index (χ0n) is 29.6. The fraction of sp³-hybridized carbons (Fsp3) is 0.122. The first kappa shape index (κ1) is 37.5. The summed E-state index contributed by atoms with van der Waals surface area (Å²) < 4.78 is 0. The zero-order valence-corrected chi connectivity index (χ0v) is 31.9. The molecule has 55 heavy (non-hydrogen) atoms. The van der Waals surface area contributed by atoms with E-state index in [4.69, 9.17) is 44.8 Å². The highest BCUT2D eigenvalue weighted by Gasteiger charge is 2.37. The monoisotopic (exact) mass is 787 g/mol. The van der Waals surface area contributed by atoms with Crippen LogP contribution < -0.4 is 26.6 Å². The van der Waals surface area contributed by atoms with Crippen LogP contribution in [-0.2, 0) is 12.0 Å². The highest BCUT2D eigenvalue weighted by atomic mass is 35.5. The van der Waals surface area contributed by atoms with Gasteiger partial charge < -0.3 is 21.3 Å². The van der Waals surface area contributed by atoms with Crippen molar-refractivity contribution < 1.29 is 0 Å². The summed E-state index contributed by atoms with van der Waals surface area (Å²) in [7, 11) is 0. The fourth-order valence-electron chi connectivity index (χ4n) is 6.11. The molecule has 14 heteroatoms. The number of aromatic nitrogens is 6. The van der Waals surface area contributed by atoms with Crippen molar-refractivity contribution in [2.75, 3.05) is 34.5 Å². The number of aryl methyl sites for hydroxylation is 1. The first-order valence-electron chi connectivity index (χ1n) is 17.5. The third-order valence-electron chi connectivity index (χ3n) is 8.72. The third kappa shape index (κ3) is 9.45. The van der Waals surface area contributed by atoms with E-state index < -0.39 is 5.54 Å². The molecule has 0 saturated carbocycles. The van der Waals surface area contributed by atoms with Crippen LogP contribution in [0.5, 0.6) is 0 Å². The Hall–Kier alpha value is -5.85. The van der Waals surface area contributed by atoms with Crippen molar-refractivity contribution in [2.24, 2.45) is 0 Å². The second-order valence-electron chi connectivity index (χ2n) is 12.5. The number of hydrogen-bond acceptors (Lipinski definition) is 11. The lowest BCUT2D eigenvalue weighted by molar-refractivity contribution is 0.491. The number of para-hydroxylation sites is 1. The molecule has 5 N–H and O–H groups in total. The smallest absolute Gasteiger partial charge is 0.233 e. The molecule has 0 radical (unpaired) electrons. The lowest BCUT2D eigenvalue weighted by Crippen LogP contribution is -2.47. The highest BCUT2D eigenvalue weighted by Crippen LogP contribution is 2.40. The molecule has 0 aliphatic carbocycles. The van der Waals surface area contributed by atoms with Crippen LogP contribution >= 0.6 is 34.8 Å². The molecular weight excluding hydrogens is 753 g/mol. The van der Waals surface area contributed by atoms with E-state index in [-0.39, 0.29) is 23.2 Å². The second-order valence-corrected chi connectivity index (χ2v) is 13.6. The molecule has 0 aliphatic rings. The summed E-state index contributed by atoms with van der Waals surface area (Å²) in [6, 6.07) is 44.3. The Balaban J connectivity index is 1.11. The summed E-state index contributed by atoms with van der Waals surface area (Å²) in [5.74, 6) is 1.44. The standard InChI is InChI=1S/C41H36Cl3N11/c1-27-16-20-30(21-17-27)41(29-10-4-2-5-11-29,33-14-8-9-15-34(33)42)47-26-46-38-53-37(54-40(55-38)48-31-12-6-3-7-13-31)45-25-24-28-18-22-32(23-19-28)49-39-51-35(43)50-36(44)52-39/h2-23,47H,24-26H2,1H3,(H,49,50,51,52)(H3,45,46,48,53,54,55). The molecule has 0 saturated heterocycles. The predicted molar refractivity (Wildman–Crippen MR) is 222 cm³/mol. The van der Waals surface area contributed by atoms with E-state index in [2.05, 4.69) is 95.9 Å². The molecule has 1 unspecified atom stereocenters. The molecule has 11 nitrogen and oxygen atoms in total. The Kier molecular flexibility index (Phi) is 11.9. The summed E-state index contributed by atoms with van der Waals surface area (Å²) in [6.07, 6.45) is 0.703. The van der Waals surface area contributed by atoms with Gasteiger partial charge in [-0.1, -0.05) is 120 Å². The maximum absolute atomic E-state index is 6.97. The van der Waals surface area contributed by atoms with Crippen molar-refractivity contribution in [2.45, 2.75) is 18.9 Å². The number of hydrogen-bond donors (Lipinski definition) is 5. The van der Waals surface area contributed by atoms with Gasteiger partial charge in [0.15, 0.2) is 0 Å². The van der Waals surface area contributed by atoms with Crippen molar-refractivity contribution >= 4 is 70.0 Å². The van der Waals surface area contributed by atoms with Crippen LogP contribution in [0.2, 0.25) is 15.6 Å².